The minimum absolute atomic E-state index is 0.161. The number of aromatic nitrogens is 2. The molecule has 0 bridgehead atoms. The van der Waals surface area contributed by atoms with E-state index in [0.29, 0.717) is 43.9 Å². The third kappa shape index (κ3) is 3.00. The number of pyridine rings is 2. The Labute approximate surface area is 170 Å². The zero-order valence-corrected chi connectivity index (χ0v) is 17.3. The average Bonchev–Trinajstić information content (AvgIpc) is 3.37. The third-order valence-electron chi connectivity index (χ3n) is 5.69. The van der Waals surface area contributed by atoms with Crippen LogP contribution < -0.4 is 9.21 Å². The highest BCUT2D eigenvalue weighted by atomic mass is 32.2. The molecule has 0 radical (unpaired) electrons. The number of fused-ring (bicyclic) bond motifs is 3. The Hall–Kier alpha value is -2.52. The van der Waals surface area contributed by atoms with E-state index in [4.69, 9.17) is 9.72 Å². The predicted octanol–water partition coefficient (Wildman–Crippen LogP) is 1.54. The van der Waals surface area contributed by atoms with Gasteiger partial charge in [-0.2, -0.15) is 0 Å². The lowest BCUT2D eigenvalue weighted by molar-refractivity contribution is 0.0985. The number of rotatable bonds is 3. The standard InChI is InChI=1S/C20H23N5O3S/c1-13-12-28-11-10-24(13)20-15-6-9-25(29(2,26)27)19(15)14-5-8-22-18(17(14)23-20)16-4-3-7-21-16/h3-5,8,13H,6-7,9-12H2,1-2H3/t13-/m1/s1. The molecular weight excluding hydrogens is 390 g/mol. The molecule has 0 unspecified atom stereocenters. The summed E-state index contributed by atoms with van der Waals surface area (Å²) in [5.74, 6) is 0.839. The van der Waals surface area contributed by atoms with Crippen molar-refractivity contribution in [1.29, 1.82) is 0 Å². The van der Waals surface area contributed by atoms with Gasteiger partial charge in [0.1, 0.15) is 17.0 Å². The van der Waals surface area contributed by atoms with Crippen molar-refractivity contribution in [2.75, 3.05) is 48.3 Å². The fraction of sp³-hybridized carbons (Fsp3) is 0.450. The number of nitrogens with zero attached hydrogens (tertiary/aromatic N) is 5. The molecule has 0 N–H and O–H groups in total. The second-order valence-corrected chi connectivity index (χ2v) is 9.56. The number of aliphatic imine (C=N–C) groups is 1. The quantitative estimate of drug-likeness (QED) is 0.758. The van der Waals surface area contributed by atoms with Gasteiger partial charge in [-0.3, -0.25) is 14.3 Å². The summed E-state index contributed by atoms with van der Waals surface area (Å²) in [7, 11) is -3.40. The summed E-state index contributed by atoms with van der Waals surface area (Å²) in [6, 6.07) is 2.02. The van der Waals surface area contributed by atoms with E-state index in [0.717, 1.165) is 34.7 Å². The van der Waals surface area contributed by atoms with Gasteiger partial charge in [0.2, 0.25) is 10.0 Å². The Morgan fingerprint density at radius 1 is 1.28 bits per heavy atom. The zero-order valence-electron chi connectivity index (χ0n) is 16.5. The van der Waals surface area contributed by atoms with E-state index in [2.05, 4.69) is 21.8 Å². The molecule has 3 aliphatic rings. The number of morpholine rings is 1. The fourth-order valence-corrected chi connectivity index (χ4v) is 5.32. The highest BCUT2D eigenvalue weighted by Gasteiger charge is 2.35. The molecule has 1 saturated heterocycles. The van der Waals surface area contributed by atoms with Gasteiger partial charge in [0, 0.05) is 30.2 Å². The summed E-state index contributed by atoms with van der Waals surface area (Å²) < 4.78 is 32.2. The van der Waals surface area contributed by atoms with Crippen molar-refractivity contribution < 1.29 is 13.2 Å². The second kappa shape index (κ2) is 6.77. The van der Waals surface area contributed by atoms with Crippen molar-refractivity contribution in [2.45, 2.75) is 19.4 Å². The number of ether oxygens (including phenoxy) is 1. The Morgan fingerprint density at radius 3 is 2.86 bits per heavy atom. The van der Waals surface area contributed by atoms with Gasteiger partial charge in [-0.1, -0.05) is 6.08 Å². The van der Waals surface area contributed by atoms with Crippen LogP contribution in [-0.2, 0) is 21.2 Å². The van der Waals surface area contributed by atoms with Crippen LogP contribution in [0.4, 0.5) is 11.5 Å². The summed E-state index contributed by atoms with van der Waals surface area (Å²) in [6.07, 6.45) is 7.55. The summed E-state index contributed by atoms with van der Waals surface area (Å²) in [5.41, 5.74) is 3.89. The molecule has 0 aliphatic carbocycles. The van der Waals surface area contributed by atoms with E-state index in [1.807, 2.05) is 18.2 Å². The summed E-state index contributed by atoms with van der Waals surface area (Å²) in [5, 5.41) is 0.806. The third-order valence-corrected chi connectivity index (χ3v) is 6.86. The first-order valence-corrected chi connectivity index (χ1v) is 11.6. The number of hydrogen-bond acceptors (Lipinski definition) is 7. The largest absolute Gasteiger partial charge is 0.377 e. The predicted molar refractivity (Wildman–Crippen MR) is 114 cm³/mol. The molecule has 5 rings (SSSR count). The van der Waals surface area contributed by atoms with Gasteiger partial charge in [-0.05, 0) is 25.5 Å². The molecular formula is C20H23N5O3S. The van der Waals surface area contributed by atoms with Crippen molar-refractivity contribution >= 4 is 38.1 Å². The maximum atomic E-state index is 12.6. The molecule has 0 aromatic carbocycles. The van der Waals surface area contributed by atoms with Crippen LogP contribution in [0.5, 0.6) is 0 Å². The van der Waals surface area contributed by atoms with Crippen LogP contribution in [0.3, 0.4) is 0 Å². The average molecular weight is 414 g/mol. The molecule has 5 heterocycles. The minimum Gasteiger partial charge on any atom is -0.377 e. The first-order chi connectivity index (χ1) is 13.9. The van der Waals surface area contributed by atoms with Crippen LogP contribution in [0, 0.1) is 0 Å². The summed E-state index contributed by atoms with van der Waals surface area (Å²) in [4.78, 5) is 16.3. The van der Waals surface area contributed by atoms with E-state index < -0.39 is 10.0 Å². The normalized spacial score (nSPS) is 21.7. The van der Waals surface area contributed by atoms with Crippen LogP contribution in [0.2, 0.25) is 0 Å². The topological polar surface area (TPSA) is 88.0 Å². The highest BCUT2D eigenvalue weighted by molar-refractivity contribution is 7.92. The lowest BCUT2D eigenvalue weighted by atomic mass is 10.1. The number of hydrogen-bond donors (Lipinski definition) is 0. The number of anilines is 2. The molecule has 1 atom stereocenters. The van der Waals surface area contributed by atoms with Gasteiger partial charge >= 0.3 is 0 Å². The van der Waals surface area contributed by atoms with Gasteiger partial charge in [-0.15, -0.1) is 0 Å². The van der Waals surface area contributed by atoms with Crippen LogP contribution in [0.1, 0.15) is 18.2 Å². The molecule has 0 amide bonds. The SMILES string of the molecule is C[C@@H]1COCCN1c1nc2c(C3=NCC=C3)nccc2c2c1CCN2S(C)(=O)=O. The molecule has 2 aromatic rings. The lowest BCUT2D eigenvalue weighted by Crippen LogP contribution is -2.44. The van der Waals surface area contributed by atoms with Crippen LogP contribution in [0.25, 0.3) is 10.9 Å². The Kier molecular flexibility index (Phi) is 4.32. The number of allylic oxidation sites excluding steroid dienone is 1. The van der Waals surface area contributed by atoms with Gasteiger partial charge in [0.05, 0.1) is 43.5 Å². The van der Waals surface area contributed by atoms with Gasteiger partial charge < -0.3 is 9.64 Å². The summed E-state index contributed by atoms with van der Waals surface area (Å²) in [6.45, 7) is 5.14. The van der Waals surface area contributed by atoms with Crippen molar-refractivity contribution in [3.8, 4) is 0 Å². The Morgan fingerprint density at radius 2 is 2.14 bits per heavy atom. The zero-order chi connectivity index (χ0) is 20.2. The highest BCUT2D eigenvalue weighted by Crippen LogP contribution is 2.42. The van der Waals surface area contributed by atoms with Crippen LogP contribution in [-0.4, -0.2) is 69.2 Å². The van der Waals surface area contributed by atoms with E-state index in [1.165, 1.54) is 10.6 Å². The molecule has 29 heavy (non-hydrogen) atoms. The maximum Gasteiger partial charge on any atom is 0.232 e. The molecule has 2 aromatic heterocycles. The van der Waals surface area contributed by atoms with Crippen molar-refractivity contribution in [1.82, 2.24) is 9.97 Å². The van der Waals surface area contributed by atoms with E-state index >= 15 is 0 Å². The minimum atomic E-state index is -3.40. The second-order valence-electron chi connectivity index (χ2n) is 7.65. The smallest absolute Gasteiger partial charge is 0.232 e. The molecule has 0 saturated carbocycles. The Balaban J connectivity index is 1.82. The van der Waals surface area contributed by atoms with Gasteiger partial charge in [0.15, 0.2) is 0 Å². The molecule has 9 heteroatoms. The van der Waals surface area contributed by atoms with E-state index in [-0.39, 0.29) is 6.04 Å². The molecule has 1 fully saturated rings. The first kappa shape index (κ1) is 18.5. The van der Waals surface area contributed by atoms with Gasteiger partial charge in [-0.25, -0.2) is 13.4 Å². The first-order valence-electron chi connectivity index (χ1n) is 9.80. The lowest BCUT2D eigenvalue weighted by Gasteiger charge is -2.35. The van der Waals surface area contributed by atoms with Crippen LogP contribution >= 0.6 is 0 Å². The Bertz CT molecular complexity index is 1160. The van der Waals surface area contributed by atoms with E-state index in [9.17, 15) is 8.42 Å². The van der Waals surface area contributed by atoms with Crippen molar-refractivity contribution in [3.05, 3.63) is 35.7 Å². The fourth-order valence-electron chi connectivity index (χ4n) is 4.36. The van der Waals surface area contributed by atoms with Gasteiger partial charge in [0.25, 0.3) is 0 Å². The number of sulfonamides is 1. The summed E-state index contributed by atoms with van der Waals surface area (Å²) >= 11 is 0. The molecule has 0 spiro atoms. The van der Waals surface area contributed by atoms with Crippen LogP contribution in [0.15, 0.2) is 29.4 Å². The van der Waals surface area contributed by atoms with E-state index in [1.54, 1.807) is 6.20 Å². The van der Waals surface area contributed by atoms with Crippen molar-refractivity contribution in [2.24, 2.45) is 4.99 Å². The van der Waals surface area contributed by atoms with Crippen molar-refractivity contribution in [3.63, 3.8) is 0 Å². The molecule has 3 aliphatic heterocycles. The monoisotopic (exact) mass is 413 g/mol. The molecule has 152 valence electrons. The molecule has 8 nitrogen and oxygen atoms in total. The maximum absolute atomic E-state index is 12.6.